The first-order valence-corrected chi connectivity index (χ1v) is 7.14. The van der Waals surface area contributed by atoms with Crippen molar-refractivity contribution in [1.82, 2.24) is 4.90 Å². The molecule has 0 radical (unpaired) electrons. The Kier molecular flexibility index (Phi) is 4.00. The van der Waals surface area contributed by atoms with Crippen molar-refractivity contribution in [2.24, 2.45) is 11.7 Å². The second-order valence-corrected chi connectivity index (χ2v) is 5.86. The summed E-state index contributed by atoms with van der Waals surface area (Å²) in [5.74, 6) is 0.882. The summed E-state index contributed by atoms with van der Waals surface area (Å²) in [6.07, 6.45) is 2.63. The first-order chi connectivity index (χ1) is 7.68. The highest BCUT2D eigenvalue weighted by atomic mass is 32.1. The number of hydrogen-bond donors (Lipinski definition) is 1. The van der Waals surface area contributed by atoms with Crippen molar-refractivity contribution in [3.05, 3.63) is 22.4 Å². The molecule has 2 N–H and O–H groups in total. The maximum absolute atomic E-state index is 6.16. The number of hydrogen-bond acceptors (Lipinski definition) is 3. The number of thiophene rings is 1. The summed E-state index contributed by atoms with van der Waals surface area (Å²) in [5.41, 5.74) is 7.55. The Morgan fingerprint density at radius 3 is 2.62 bits per heavy atom. The Bertz CT molecular complexity index is 300. The van der Waals surface area contributed by atoms with E-state index in [4.69, 9.17) is 5.73 Å². The minimum atomic E-state index is 0.211. The van der Waals surface area contributed by atoms with Crippen molar-refractivity contribution in [2.45, 2.75) is 38.8 Å². The van der Waals surface area contributed by atoms with E-state index >= 15 is 0 Å². The van der Waals surface area contributed by atoms with Crippen LogP contribution in [-0.2, 0) is 0 Å². The zero-order chi connectivity index (χ0) is 11.5. The molecule has 2 atom stereocenters. The molecule has 0 bridgehead atoms. The summed E-state index contributed by atoms with van der Waals surface area (Å²) >= 11 is 1.77. The standard InChI is InChI=1S/C13H22N2S/c1-10-3-6-15(7-4-10)13(11(2)14)12-5-8-16-9-12/h5,8-11,13H,3-4,6-7,14H2,1-2H3. The first kappa shape index (κ1) is 12.1. The SMILES string of the molecule is CC1CCN(C(c2ccsc2)C(C)N)CC1. The van der Waals surface area contributed by atoms with Crippen molar-refractivity contribution < 1.29 is 0 Å². The lowest BCUT2D eigenvalue weighted by Crippen LogP contribution is -2.43. The number of nitrogens with two attached hydrogens (primary N) is 1. The van der Waals surface area contributed by atoms with Gasteiger partial charge in [-0.25, -0.2) is 0 Å². The molecule has 2 nitrogen and oxygen atoms in total. The van der Waals surface area contributed by atoms with Crippen molar-refractivity contribution in [3.8, 4) is 0 Å². The predicted octanol–water partition coefficient (Wildman–Crippen LogP) is 2.87. The van der Waals surface area contributed by atoms with E-state index in [1.165, 1.54) is 31.5 Å². The van der Waals surface area contributed by atoms with Gasteiger partial charge in [0, 0.05) is 6.04 Å². The summed E-state index contributed by atoms with van der Waals surface area (Å²) in [4.78, 5) is 2.56. The van der Waals surface area contributed by atoms with Gasteiger partial charge in [0.25, 0.3) is 0 Å². The van der Waals surface area contributed by atoms with Gasteiger partial charge >= 0.3 is 0 Å². The molecule has 0 amide bonds. The van der Waals surface area contributed by atoms with Gasteiger partial charge in [-0.2, -0.15) is 11.3 Å². The van der Waals surface area contributed by atoms with Gasteiger partial charge in [-0.05, 0) is 61.2 Å². The molecule has 1 aromatic heterocycles. The fourth-order valence-corrected chi connectivity index (χ4v) is 3.29. The van der Waals surface area contributed by atoms with Crippen molar-refractivity contribution >= 4 is 11.3 Å². The van der Waals surface area contributed by atoms with Gasteiger partial charge in [-0.1, -0.05) is 6.92 Å². The maximum atomic E-state index is 6.16. The molecule has 0 spiro atoms. The number of rotatable bonds is 3. The largest absolute Gasteiger partial charge is 0.326 e. The Morgan fingerprint density at radius 1 is 1.44 bits per heavy atom. The Morgan fingerprint density at radius 2 is 2.12 bits per heavy atom. The normalized spacial score (nSPS) is 23.2. The summed E-state index contributed by atoms with van der Waals surface area (Å²) in [7, 11) is 0. The molecule has 3 heteroatoms. The van der Waals surface area contributed by atoms with Crippen LogP contribution in [0.5, 0.6) is 0 Å². The van der Waals surface area contributed by atoms with Gasteiger partial charge in [0.15, 0.2) is 0 Å². The minimum absolute atomic E-state index is 0.211. The van der Waals surface area contributed by atoms with Crippen LogP contribution in [0.25, 0.3) is 0 Å². The molecule has 1 aliphatic heterocycles. The van der Waals surface area contributed by atoms with Crippen LogP contribution in [0.15, 0.2) is 16.8 Å². The molecular weight excluding hydrogens is 216 g/mol. The molecule has 2 heterocycles. The van der Waals surface area contributed by atoms with Crippen LogP contribution in [-0.4, -0.2) is 24.0 Å². The molecule has 1 fully saturated rings. The highest BCUT2D eigenvalue weighted by Crippen LogP contribution is 2.29. The molecule has 0 aliphatic carbocycles. The minimum Gasteiger partial charge on any atom is -0.326 e. The average molecular weight is 238 g/mol. The molecular formula is C13H22N2S. The molecule has 1 saturated heterocycles. The van der Waals surface area contributed by atoms with Crippen LogP contribution in [0.2, 0.25) is 0 Å². The molecule has 90 valence electrons. The summed E-state index contributed by atoms with van der Waals surface area (Å²) in [6, 6.07) is 2.85. The van der Waals surface area contributed by atoms with Crippen molar-refractivity contribution in [2.75, 3.05) is 13.1 Å². The fraction of sp³-hybridized carbons (Fsp3) is 0.692. The average Bonchev–Trinajstić information content (AvgIpc) is 2.74. The van der Waals surface area contributed by atoms with Gasteiger partial charge in [0.05, 0.1) is 6.04 Å². The monoisotopic (exact) mass is 238 g/mol. The van der Waals surface area contributed by atoms with Gasteiger partial charge < -0.3 is 5.73 Å². The Balaban J connectivity index is 2.08. The van der Waals surface area contributed by atoms with Crippen LogP contribution in [0.4, 0.5) is 0 Å². The van der Waals surface area contributed by atoms with E-state index in [1.807, 2.05) is 0 Å². The van der Waals surface area contributed by atoms with Crippen LogP contribution in [0.1, 0.15) is 38.3 Å². The topological polar surface area (TPSA) is 29.3 Å². The Labute approximate surface area is 102 Å². The summed E-state index contributed by atoms with van der Waals surface area (Å²) in [6.45, 7) is 6.87. The van der Waals surface area contributed by atoms with E-state index in [2.05, 4.69) is 35.6 Å². The first-order valence-electron chi connectivity index (χ1n) is 6.20. The van der Waals surface area contributed by atoms with Gasteiger partial charge in [-0.15, -0.1) is 0 Å². The van der Waals surface area contributed by atoms with Gasteiger partial charge in [-0.3, -0.25) is 4.90 Å². The Hall–Kier alpha value is -0.380. The number of piperidine rings is 1. The number of nitrogens with zero attached hydrogens (tertiary/aromatic N) is 1. The van der Waals surface area contributed by atoms with E-state index in [0.29, 0.717) is 6.04 Å². The molecule has 0 aromatic carbocycles. The third kappa shape index (κ3) is 2.65. The summed E-state index contributed by atoms with van der Waals surface area (Å²) in [5, 5.41) is 4.39. The van der Waals surface area contributed by atoms with Crippen molar-refractivity contribution in [1.29, 1.82) is 0 Å². The van der Waals surface area contributed by atoms with E-state index < -0.39 is 0 Å². The van der Waals surface area contributed by atoms with E-state index in [-0.39, 0.29) is 6.04 Å². The van der Waals surface area contributed by atoms with E-state index in [9.17, 15) is 0 Å². The van der Waals surface area contributed by atoms with E-state index in [1.54, 1.807) is 11.3 Å². The van der Waals surface area contributed by atoms with Crippen LogP contribution in [0, 0.1) is 5.92 Å². The molecule has 1 aromatic rings. The molecule has 16 heavy (non-hydrogen) atoms. The molecule has 1 aliphatic rings. The number of likely N-dealkylation sites (tertiary alicyclic amines) is 1. The lowest BCUT2D eigenvalue weighted by molar-refractivity contribution is 0.124. The van der Waals surface area contributed by atoms with Crippen molar-refractivity contribution in [3.63, 3.8) is 0 Å². The third-order valence-corrected chi connectivity index (χ3v) is 4.30. The quantitative estimate of drug-likeness (QED) is 0.877. The lowest BCUT2D eigenvalue weighted by atomic mass is 9.94. The predicted molar refractivity (Wildman–Crippen MR) is 70.7 cm³/mol. The second kappa shape index (κ2) is 5.30. The molecule has 0 saturated carbocycles. The third-order valence-electron chi connectivity index (χ3n) is 3.59. The highest BCUT2D eigenvalue weighted by molar-refractivity contribution is 7.07. The van der Waals surface area contributed by atoms with Crippen LogP contribution >= 0.6 is 11.3 Å². The zero-order valence-corrected chi connectivity index (χ0v) is 11.0. The second-order valence-electron chi connectivity index (χ2n) is 5.08. The lowest BCUT2D eigenvalue weighted by Gasteiger charge is -2.38. The van der Waals surface area contributed by atoms with Gasteiger partial charge in [0.2, 0.25) is 0 Å². The smallest absolute Gasteiger partial charge is 0.0504 e. The zero-order valence-electron chi connectivity index (χ0n) is 10.2. The van der Waals surface area contributed by atoms with Crippen LogP contribution in [0.3, 0.4) is 0 Å². The highest BCUT2D eigenvalue weighted by Gasteiger charge is 2.27. The summed E-state index contributed by atoms with van der Waals surface area (Å²) < 4.78 is 0. The fourth-order valence-electron chi connectivity index (χ4n) is 2.60. The maximum Gasteiger partial charge on any atom is 0.0504 e. The van der Waals surface area contributed by atoms with Gasteiger partial charge in [0.1, 0.15) is 0 Å². The molecule has 2 rings (SSSR count). The molecule has 2 unspecified atom stereocenters. The van der Waals surface area contributed by atoms with E-state index in [0.717, 1.165) is 5.92 Å². The van der Waals surface area contributed by atoms with Crippen LogP contribution < -0.4 is 5.73 Å².